The van der Waals surface area contributed by atoms with E-state index in [1.807, 2.05) is 10.6 Å². The molecule has 1 fully saturated rings. The first kappa shape index (κ1) is 10.5. The highest BCUT2D eigenvalue weighted by Gasteiger charge is 2.31. The lowest BCUT2D eigenvalue weighted by atomic mass is 9.92. The minimum atomic E-state index is 0.441. The molecule has 1 unspecified atom stereocenters. The van der Waals surface area contributed by atoms with Crippen LogP contribution in [0.1, 0.15) is 33.1 Å². The van der Waals surface area contributed by atoms with Crippen LogP contribution in [0.4, 0.5) is 5.82 Å². The van der Waals surface area contributed by atoms with Gasteiger partial charge >= 0.3 is 0 Å². The first-order valence-corrected chi connectivity index (χ1v) is 6.05. The monoisotopic (exact) mass is 231 g/mol. The van der Waals surface area contributed by atoms with Crippen molar-refractivity contribution < 1.29 is 0 Å². The Morgan fingerprint density at radius 2 is 2.35 bits per heavy atom. The molecule has 90 valence electrons. The molecule has 5 heteroatoms. The maximum absolute atomic E-state index is 4.36. The molecule has 17 heavy (non-hydrogen) atoms. The van der Waals surface area contributed by atoms with E-state index in [4.69, 9.17) is 0 Å². The Kier molecular flexibility index (Phi) is 2.28. The van der Waals surface area contributed by atoms with Crippen molar-refractivity contribution in [2.24, 2.45) is 5.41 Å². The Balaban J connectivity index is 1.84. The predicted molar refractivity (Wildman–Crippen MR) is 65.8 cm³/mol. The highest BCUT2D eigenvalue weighted by Crippen LogP contribution is 2.38. The smallest absolute Gasteiger partial charge is 0.203 e. The van der Waals surface area contributed by atoms with E-state index in [2.05, 4.69) is 34.3 Å². The number of fused-ring (bicyclic) bond motifs is 1. The van der Waals surface area contributed by atoms with Crippen LogP contribution in [0.2, 0.25) is 0 Å². The van der Waals surface area contributed by atoms with E-state index in [0.717, 1.165) is 11.5 Å². The van der Waals surface area contributed by atoms with E-state index in [1.165, 1.54) is 19.3 Å². The number of hydrogen-bond donors (Lipinski definition) is 1. The number of anilines is 1. The van der Waals surface area contributed by atoms with Gasteiger partial charge in [-0.25, -0.2) is 4.98 Å². The number of rotatable bonds is 2. The average Bonchev–Trinajstić information content (AvgIpc) is 2.85. The molecule has 2 aromatic heterocycles. The van der Waals surface area contributed by atoms with Crippen molar-refractivity contribution in [1.29, 1.82) is 0 Å². The lowest BCUT2D eigenvalue weighted by molar-refractivity contribution is 0.378. The Bertz CT molecular complexity index is 530. The molecule has 2 heterocycles. The molecule has 0 saturated heterocycles. The fourth-order valence-corrected chi connectivity index (χ4v) is 2.61. The fraction of sp³-hybridized carbons (Fsp3) is 0.583. The molecule has 0 radical (unpaired) electrons. The summed E-state index contributed by atoms with van der Waals surface area (Å²) in [5.41, 5.74) is 1.24. The predicted octanol–water partition coefficient (Wildman–Crippen LogP) is 2.11. The summed E-state index contributed by atoms with van der Waals surface area (Å²) in [5.74, 6) is 0.840. The molecule has 1 N–H and O–H groups in total. The molecular formula is C12H17N5. The van der Waals surface area contributed by atoms with Crippen LogP contribution >= 0.6 is 0 Å². The van der Waals surface area contributed by atoms with Crippen LogP contribution in [-0.2, 0) is 0 Å². The van der Waals surface area contributed by atoms with Crippen LogP contribution in [0.25, 0.3) is 5.65 Å². The molecule has 1 aliphatic rings. The molecule has 1 atom stereocenters. The second kappa shape index (κ2) is 3.68. The molecule has 2 aromatic rings. The summed E-state index contributed by atoms with van der Waals surface area (Å²) in [5, 5.41) is 11.5. The molecule has 1 saturated carbocycles. The second-order valence-electron chi connectivity index (χ2n) is 5.59. The molecule has 0 amide bonds. The second-order valence-corrected chi connectivity index (χ2v) is 5.59. The summed E-state index contributed by atoms with van der Waals surface area (Å²) in [6, 6.07) is 0.500. The molecule has 0 bridgehead atoms. The first-order chi connectivity index (χ1) is 8.14. The SMILES string of the molecule is CC1(C)CCC(Nc2nccn3cnnc23)C1. The summed E-state index contributed by atoms with van der Waals surface area (Å²) >= 11 is 0. The van der Waals surface area contributed by atoms with E-state index >= 15 is 0 Å². The first-order valence-electron chi connectivity index (χ1n) is 6.05. The normalized spacial score (nSPS) is 23.1. The van der Waals surface area contributed by atoms with Gasteiger partial charge in [0, 0.05) is 18.4 Å². The Morgan fingerprint density at radius 1 is 1.47 bits per heavy atom. The van der Waals surface area contributed by atoms with E-state index in [0.29, 0.717) is 11.5 Å². The van der Waals surface area contributed by atoms with Crippen molar-refractivity contribution in [2.45, 2.75) is 39.2 Å². The van der Waals surface area contributed by atoms with Gasteiger partial charge in [0.25, 0.3) is 0 Å². The summed E-state index contributed by atoms with van der Waals surface area (Å²) in [6.07, 6.45) is 8.98. The molecule has 1 aliphatic carbocycles. The summed E-state index contributed by atoms with van der Waals surface area (Å²) in [7, 11) is 0. The third-order valence-corrected chi connectivity index (χ3v) is 3.53. The van der Waals surface area contributed by atoms with Crippen molar-refractivity contribution in [1.82, 2.24) is 19.6 Å². The van der Waals surface area contributed by atoms with E-state index in [-0.39, 0.29) is 0 Å². The van der Waals surface area contributed by atoms with Gasteiger partial charge in [0.05, 0.1) is 0 Å². The van der Waals surface area contributed by atoms with Crippen LogP contribution < -0.4 is 5.32 Å². The minimum Gasteiger partial charge on any atom is -0.364 e. The molecule has 5 nitrogen and oxygen atoms in total. The summed E-state index contributed by atoms with van der Waals surface area (Å²) in [4.78, 5) is 4.36. The Hall–Kier alpha value is -1.65. The average molecular weight is 231 g/mol. The van der Waals surface area contributed by atoms with Gasteiger partial charge in [-0.1, -0.05) is 13.8 Å². The standard InChI is InChI=1S/C12H17N5/c1-12(2)4-3-9(7-12)15-10-11-16-14-8-17(11)6-5-13-10/h5-6,8-9H,3-4,7H2,1-2H3,(H,13,15). The summed E-state index contributed by atoms with van der Waals surface area (Å²) < 4.78 is 1.88. The van der Waals surface area contributed by atoms with Crippen molar-refractivity contribution in [3.05, 3.63) is 18.7 Å². The van der Waals surface area contributed by atoms with Crippen LogP contribution in [-0.4, -0.2) is 25.6 Å². The molecular weight excluding hydrogens is 214 g/mol. The van der Waals surface area contributed by atoms with Crippen molar-refractivity contribution in [3.8, 4) is 0 Å². The van der Waals surface area contributed by atoms with Crippen LogP contribution in [0.15, 0.2) is 18.7 Å². The zero-order valence-electron chi connectivity index (χ0n) is 10.2. The van der Waals surface area contributed by atoms with E-state index in [1.54, 1.807) is 12.5 Å². The van der Waals surface area contributed by atoms with Gasteiger partial charge in [0.15, 0.2) is 5.82 Å². The third-order valence-electron chi connectivity index (χ3n) is 3.53. The number of hydrogen-bond acceptors (Lipinski definition) is 4. The van der Waals surface area contributed by atoms with Gasteiger partial charge in [-0.3, -0.25) is 4.40 Å². The molecule has 0 aromatic carbocycles. The quantitative estimate of drug-likeness (QED) is 0.860. The lowest BCUT2D eigenvalue weighted by Crippen LogP contribution is -2.18. The van der Waals surface area contributed by atoms with Gasteiger partial charge in [0.2, 0.25) is 5.65 Å². The number of aromatic nitrogens is 4. The van der Waals surface area contributed by atoms with Gasteiger partial charge in [-0.05, 0) is 24.7 Å². The largest absolute Gasteiger partial charge is 0.364 e. The maximum atomic E-state index is 4.36. The van der Waals surface area contributed by atoms with Gasteiger partial charge in [-0.2, -0.15) is 0 Å². The molecule has 3 rings (SSSR count). The van der Waals surface area contributed by atoms with E-state index in [9.17, 15) is 0 Å². The topological polar surface area (TPSA) is 55.1 Å². The highest BCUT2D eigenvalue weighted by molar-refractivity contribution is 5.61. The number of nitrogens with zero attached hydrogens (tertiary/aromatic N) is 4. The van der Waals surface area contributed by atoms with Crippen LogP contribution in [0, 0.1) is 5.41 Å². The summed E-state index contributed by atoms with van der Waals surface area (Å²) in [6.45, 7) is 4.64. The van der Waals surface area contributed by atoms with Crippen molar-refractivity contribution in [3.63, 3.8) is 0 Å². The highest BCUT2D eigenvalue weighted by atomic mass is 15.2. The molecule has 0 spiro atoms. The van der Waals surface area contributed by atoms with E-state index < -0.39 is 0 Å². The van der Waals surface area contributed by atoms with Crippen molar-refractivity contribution >= 4 is 11.5 Å². The van der Waals surface area contributed by atoms with Gasteiger partial charge < -0.3 is 5.32 Å². The minimum absolute atomic E-state index is 0.441. The van der Waals surface area contributed by atoms with Crippen LogP contribution in [0.3, 0.4) is 0 Å². The molecule has 0 aliphatic heterocycles. The van der Waals surface area contributed by atoms with Crippen LogP contribution in [0.5, 0.6) is 0 Å². The van der Waals surface area contributed by atoms with Gasteiger partial charge in [-0.15, -0.1) is 10.2 Å². The maximum Gasteiger partial charge on any atom is 0.203 e. The fourth-order valence-electron chi connectivity index (χ4n) is 2.61. The van der Waals surface area contributed by atoms with Gasteiger partial charge in [0.1, 0.15) is 6.33 Å². The number of nitrogens with one attached hydrogen (secondary N) is 1. The third kappa shape index (κ3) is 1.97. The Morgan fingerprint density at radius 3 is 3.12 bits per heavy atom. The van der Waals surface area contributed by atoms with Crippen molar-refractivity contribution in [2.75, 3.05) is 5.32 Å². The zero-order valence-corrected chi connectivity index (χ0v) is 10.2. The zero-order chi connectivity index (χ0) is 11.9. The lowest BCUT2D eigenvalue weighted by Gasteiger charge is -2.18. The Labute approximate surface area is 100 Å².